The molecule has 0 bridgehead atoms. The van der Waals surface area contributed by atoms with Crippen molar-refractivity contribution in [1.82, 2.24) is 5.32 Å². The van der Waals surface area contributed by atoms with E-state index in [1.165, 1.54) is 13.2 Å². The molecule has 2 N–H and O–H groups in total. The van der Waals surface area contributed by atoms with Gasteiger partial charge in [0.25, 0.3) is 0 Å². The van der Waals surface area contributed by atoms with Crippen LogP contribution >= 0.6 is 11.6 Å². The quantitative estimate of drug-likeness (QED) is 0.791. The van der Waals surface area contributed by atoms with Gasteiger partial charge in [0, 0.05) is 11.1 Å². The lowest BCUT2D eigenvalue weighted by Crippen LogP contribution is -2.31. The molecule has 0 heterocycles. The van der Waals surface area contributed by atoms with Crippen LogP contribution in [-0.2, 0) is 9.59 Å². The third-order valence-corrected chi connectivity index (χ3v) is 3.32. The summed E-state index contributed by atoms with van der Waals surface area (Å²) in [6.45, 7) is -0.159. The Bertz CT molecular complexity index is 745. The van der Waals surface area contributed by atoms with Gasteiger partial charge in [-0.2, -0.15) is 0 Å². The molecule has 0 aliphatic heterocycles. The predicted octanol–water partition coefficient (Wildman–Crippen LogP) is 3.12. The Hall–Kier alpha value is -2.79. The number of methoxy groups -OCH3 is 1. The van der Waals surface area contributed by atoms with Crippen LogP contribution in [0.4, 0.5) is 5.69 Å². The number of rotatable bonds is 6. The Labute approximate surface area is 145 Å². The highest BCUT2D eigenvalue weighted by Crippen LogP contribution is 2.27. The lowest BCUT2D eigenvalue weighted by Gasteiger charge is -2.10. The minimum atomic E-state index is -0.378. The van der Waals surface area contributed by atoms with Crippen molar-refractivity contribution in [3.8, 4) is 5.75 Å². The molecule has 2 aromatic rings. The fourth-order valence-corrected chi connectivity index (χ4v) is 2.11. The van der Waals surface area contributed by atoms with Crippen LogP contribution in [0, 0.1) is 0 Å². The number of hydrogen-bond donors (Lipinski definition) is 2. The van der Waals surface area contributed by atoms with Crippen LogP contribution < -0.4 is 15.4 Å². The molecule has 0 aliphatic carbocycles. The van der Waals surface area contributed by atoms with Gasteiger partial charge in [0.05, 0.1) is 19.3 Å². The number of hydrogen-bond acceptors (Lipinski definition) is 3. The van der Waals surface area contributed by atoms with E-state index < -0.39 is 0 Å². The third-order valence-electron chi connectivity index (χ3n) is 3.09. The summed E-state index contributed by atoms with van der Waals surface area (Å²) in [4.78, 5) is 23.6. The first-order valence-corrected chi connectivity index (χ1v) is 7.60. The fraction of sp³-hybridized carbons (Fsp3) is 0.111. The molecule has 0 saturated heterocycles. The van der Waals surface area contributed by atoms with E-state index in [4.69, 9.17) is 16.3 Å². The molecule has 2 rings (SSSR count). The average molecular weight is 345 g/mol. The Morgan fingerprint density at radius 3 is 2.62 bits per heavy atom. The summed E-state index contributed by atoms with van der Waals surface area (Å²) in [5, 5.41) is 5.63. The fourth-order valence-electron chi connectivity index (χ4n) is 1.93. The maximum atomic E-state index is 11.9. The van der Waals surface area contributed by atoms with E-state index in [0.29, 0.717) is 16.5 Å². The van der Waals surface area contributed by atoms with Crippen molar-refractivity contribution in [1.29, 1.82) is 0 Å². The van der Waals surface area contributed by atoms with Crippen molar-refractivity contribution < 1.29 is 14.3 Å². The van der Waals surface area contributed by atoms with Gasteiger partial charge in [-0.25, -0.2) is 0 Å². The van der Waals surface area contributed by atoms with Crippen LogP contribution in [-0.4, -0.2) is 25.5 Å². The molecule has 0 fully saturated rings. The summed E-state index contributed by atoms with van der Waals surface area (Å²) in [5.41, 5.74) is 1.35. The maximum Gasteiger partial charge on any atom is 0.244 e. The zero-order valence-electron chi connectivity index (χ0n) is 13.1. The van der Waals surface area contributed by atoms with Gasteiger partial charge in [0.15, 0.2) is 0 Å². The smallest absolute Gasteiger partial charge is 0.244 e. The number of benzene rings is 2. The van der Waals surface area contributed by atoms with Gasteiger partial charge in [-0.15, -0.1) is 0 Å². The van der Waals surface area contributed by atoms with E-state index in [2.05, 4.69) is 10.6 Å². The summed E-state index contributed by atoms with van der Waals surface area (Å²) in [5.74, 6) is -0.243. The summed E-state index contributed by atoms with van der Waals surface area (Å²) >= 11 is 5.90. The minimum absolute atomic E-state index is 0.159. The zero-order valence-corrected chi connectivity index (χ0v) is 13.8. The Morgan fingerprint density at radius 2 is 1.92 bits per heavy atom. The van der Waals surface area contributed by atoms with Crippen molar-refractivity contribution in [2.75, 3.05) is 19.0 Å². The summed E-state index contributed by atoms with van der Waals surface area (Å²) < 4.78 is 5.14. The minimum Gasteiger partial charge on any atom is -0.495 e. The van der Waals surface area contributed by atoms with Crippen molar-refractivity contribution in [3.63, 3.8) is 0 Å². The maximum absolute atomic E-state index is 11.9. The Balaban J connectivity index is 1.86. The second-order valence-corrected chi connectivity index (χ2v) is 5.29. The van der Waals surface area contributed by atoms with E-state index in [0.717, 1.165) is 5.56 Å². The van der Waals surface area contributed by atoms with Crippen LogP contribution in [0.25, 0.3) is 6.08 Å². The van der Waals surface area contributed by atoms with Gasteiger partial charge in [-0.05, 0) is 29.8 Å². The van der Waals surface area contributed by atoms with Crippen LogP contribution in [0.1, 0.15) is 5.56 Å². The molecule has 6 heteroatoms. The number of carbonyl (C=O) groups excluding carboxylic acids is 2. The first-order chi connectivity index (χ1) is 11.6. The Kier molecular flexibility index (Phi) is 6.40. The number of anilines is 1. The SMILES string of the molecule is COc1ccc(Cl)cc1NC(=O)CNC(=O)/C=C/c1ccccc1. The van der Waals surface area contributed by atoms with Crippen LogP contribution in [0.15, 0.2) is 54.6 Å². The molecule has 5 nitrogen and oxygen atoms in total. The molecule has 0 spiro atoms. The molecule has 0 aromatic heterocycles. The Morgan fingerprint density at radius 1 is 1.17 bits per heavy atom. The van der Waals surface area contributed by atoms with Crippen molar-refractivity contribution in [2.45, 2.75) is 0 Å². The molecule has 0 aliphatic rings. The van der Waals surface area contributed by atoms with Gasteiger partial charge < -0.3 is 15.4 Å². The van der Waals surface area contributed by atoms with Crippen molar-refractivity contribution in [2.24, 2.45) is 0 Å². The highest BCUT2D eigenvalue weighted by molar-refractivity contribution is 6.31. The second kappa shape index (κ2) is 8.74. The number of halogens is 1. The van der Waals surface area contributed by atoms with E-state index in [9.17, 15) is 9.59 Å². The zero-order chi connectivity index (χ0) is 17.4. The molecule has 124 valence electrons. The standard InChI is InChI=1S/C18H17ClN2O3/c1-24-16-9-8-14(19)11-15(16)21-18(23)12-20-17(22)10-7-13-5-3-2-4-6-13/h2-11H,12H2,1H3,(H,20,22)(H,21,23)/b10-7+. The molecule has 0 radical (unpaired) electrons. The van der Waals surface area contributed by atoms with Gasteiger partial charge in [-0.3, -0.25) is 9.59 Å². The van der Waals surface area contributed by atoms with Crippen LogP contribution in [0.3, 0.4) is 0 Å². The number of nitrogens with one attached hydrogen (secondary N) is 2. The largest absolute Gasteiger partial charge is 0.495 e. The normalized spacial score (nSPS) is 10.4. The topological polar surface area (TPSA) is 67.4 Å². The van der Waals surface area contributed by atoms with E-state index >= 15 is 0 Å². The van der Waals surface area contributed by atoms with Gasteiger partial charge >= 0.3 is 0 Å². The molecule has 0 unspecified atom stereocenters. The summed E-state index contributed by atoms with van der Waals surface area (Å²) in [6, 6.07) is 14.3. The first kappa shape index (κ1) is 17.6. The van der Waals surface area contributed by atoms with Crippen LogP contribution in [0.2, 0.25) is 5.02 Å². The number of amides is 2. The number of carbonyl (C=O) groups is 2. The highest BCUT2D eigenvalue weighted by atomic mass is 35.5. The molecule has 0 saturated carbocycles. The average Bonchev–Trinajstić information content (AvgIpc) is 2.59. The van der Waals surface area contributed by atoms with Gasteiger partial charge in [0.1, 0.15) is 5.75 Å². The molecule has 0 atom stereocenters. The monoisotopic (exact) mass is 344 g/mol. The van der Waals surface area contributed by atoms with Crippen molar-refractivity contribution in [3.05, 3.63) is 65.2 Å². The molecule has 2 amide bonds. The van der Waals surface area contributed by atoms with Gasteiger partial charge in [-0.1, -0.05) is 41.9 Å². The second-order valence-electron chi connectivity index (χ2n) is 4.85. The molecule has 2 aromatic carbocycles. The van der Waals surface area contributed by atoms with E-state index in [1.54, 1.807) is 24.3 Å². The number of ether oxygens (including phenoxy) is 1. The predicted molar refractivity (Wildman–Crippen MR) is 95.1 cm³/mol. The summed E-state index contributed by atoms with van der Waals surface area (Å²) in [7, 11) is 1.50. The molecular formula is C18H17ClN2O3. The van der Waals surface area contributed by atoms with Crippen molar-refractivity contribution >= 4 is 35.2 Å². The molecular weight excluding hydrogens is 328 g/mol. The summed E-state index contributed by atoms with van der Waals surface area (Å²) in [6.07, 6.45) is 3.05. The van der Waals surface area contributed by atoms with E-state index in [-0.39, 0.29) is 18.4 Å². The van der Waals surface area contributed by atoms with E-state index in [1.807, 2.05) is 30.3 Å². The molecule has 24 heavy (non-hydrogen) atoms. The lowest BCUT2D eigenvalue weighted by atomic mass is 10.2. The van der Waals surface area contributed by atoms with Gasteiger partial charge in [0.2, 0.25) is 11.8 Å². The van der Waals surface area contributed by atoms with Crippen LogP contribution in [0.5, 0.6) is 5.75 Å². The highest BCUT2D eigenvalue weighted by Gasteiger charge is 2.09. The lowest BCUT2D eigenvalue weighted by molar-refractivity contribution is -0.121. The first-order valence-electron chi connectivity index (χ1n) is 7.23. The third kappa shape index (κ3) is 5.44.